The molecule has 0 fully saturated rings. The van der Waals surface area contributed by atoms with Crippen LogP contribution in [0.25, 0.3) is 0 Å². The van der Waals surface area contributed by atoms with E-state index in [0.29, 0.717) is 5.25 Å². The summed E-state index contributed by atoms with van der Waals surface area (Å²) in [5.41, 5.74) is 0. The molecule has 1 heterocycles. The van der Waals surface area contributed by atoms with Crippen LogP contribution in [0.1, 0.15) is 20.3 Å². The van der Waals surface area contributed by atoms with Gasteiger partial charge in [-0.2, -0.15) is 0 Å². The minimum Gasteiger partial charge on any atom is -0.388 e. The van der Waals surface area contributed by atoms with E-state index in [0.717, 1.165) is 6.42 Å². The van der Waals surface area contributed by atoms with Gasteiger partial charge >= 0.3 is 0 Å². The standard InChI is InChI=1S/C7H12OS/c1-3-7-6(8)4-5(2)9-7/h4,6-8H,3H2,1-2H3. The van der Waals surface area contributed by atoms with Crippen molar-refractivity contribution >= 4 is 11.8 Å². The second-order valence-electron chi connectivity index (χ2n) is 2.33. The van der Waals surface area contributed by atoms with E-state index < -0.39 is 0 Å². The van der Waals surface area contributed by atoms with Crippen LogP contribution in [0.3, 0.4) is 0 Å². The average Bonchev–Trinajstić information content (AvgIpc) is 2.10. The topological polar surface area (TPSA) is 20.2 Å². The van der Waals surface area contributed by atoms with Crippen LogP contribution in [0.4, 0.5) is 0 Å². The molecule has 0 saturated carbocycles. The van der Waals surface area contributed by atoms with Crippen LogP contribution in [-0.2, 0) is 0 Å². The Labute approximate surface area is 60.2 Å². The lowest BCUT2D eigenvalue weighted by molar-refractivity contribution is 0.220. The van der Waals surface area contributed by atoms with Crippen molar-refractivity contribution in [2.45, 2.75) is 31.6 Å². The van der Waals surface area contributed by atoms with E-state index in [4.69, 9.17) is 0 Å². The van der Waals surface area contributed by atoms with Gasteiger partial charge in [-0.25, -0.2) is 0 Å². The first kappa shape index (κ1) is 7.16. The van der Waals surface area contributed by atoms with Crippen molar-refractivity contribution in [1.82, 2.24) is 0 Å². The van der Waals surface area contributed by atoms with E-state index in [-0.39, 0.29) is 6.10 Å². The largest absolute Gasteiger partial charge is 0.388 e. The molecule has 0 aromatic heterocycles. The maximum atomic E-state index is 9.26. The first-order chi connectivity index (χ1) is 4.24. The van der Waals surface area contributed by atoms with Crippen molar-refractivity contribution < 1.29 is 5.11 Å². The lowest BCUT2D eigenvalue weighted by atomic mass is 10.2. The van der Waals surface area contributed by atoms with Crippen LogP contribution >= 0.6 is 11.8 Å². The molecular formula is C7H12OS. The van der Waals surface area contributed by atoms with Crippen molar-refractivity contribution in [1.29, 1.82) is 0 Å². The smallest absolute Gasteiger partial charge is 0.0853 e. The van der Waals surface area contributed by atoms with Crippen LogP contribution in [0.15, 0.2) is 11.0 Å². The molecule has 1 rings (SSSR count). The second-order valence-corrected chi connectivity index (χ2v) is 3.82. The Hall–Kier alpha value is 0.0500. The molecule has 9 heavy (non-hydrogen) atoms. The number of thioether (sulfide) groups is 1. The van der Waals surface area contributed by atoms with E-state index in [9.17, 15) is 5.11 Å². The quantitative estimate of drug-likeness (QED) is 0.605. The number of aliphatic hydroxyl groups is 1. The molecule has 0 amide bonds. The number of hydrogen-bond acceptors (Lipinski definition) is 2. The second kappa shape index (κ2) is 2.76. The van der Waals surface area contributed by atoms with Gasteiger partial charge in [0.2, 0.25) is 0 Å². The Balaban J connectivity index is 2.49. The number of rotatable bonds is 1. The fourth-order valence-corrected chi connectivity index (χ4v) is 2.10. The van der Waals surface area contributed by atoms with Gasteiger partial charge in [0.25, 0.3) is 0 Å². The summed E-state index contributed by atoms with van der Waals surface area (Å²) >= 11 is 1.78. The third kappa shape index (κ3) is 1.49. The van der Waals surface area contributed by atoms with Gasteiger partial charge in [-0.3, -0.25) is 0 Å². The van der Waals surface area contributed by atoms with Gasteiger partial charge in [-0.05, 0) is 24.3 Å². The highest BCUT2D eigenvalue weighted by molar-refractivity contribution is 8.03. The van der Waals surface area contributed by atoms with Crippen LogP contribution in [0.5, 0.6) is 0 Å². The molecule has 0 aromatic carbocycles. The Bertz CT molecular complexity index is 131. The Kier molecular flexibility index (Phi) is 2.19. The lowest BCUT2D eigenvalue weighted by Crippen LogP contribution is -2.14. The van der Waals surface area contributed by atoms with E-state index in [1.54, 1.807) is 11.8 Å². The summed E-state index contributed by atoms with van der Waals surface area (Å²) in [5.74, 6) is 0. The molecule has 1 aliphatic heterocycles. The predicted octanol–water partition coefficient (Wildman–Crippen LogP) is 1.78. The van der Waals surface area contributed by atoms with Crippen LogP contribution in [-0.4, -0.2) is 16.5 Å². The number of allylic oxidation sites excluding steroid dienone is 1. The highest BCUT2D eigenvalue weighted by Gasteiger charge is 2.22. The summed E-state index contributed by atoms with van der Waals surface area (Å²) in [4.78, 5) is 1.26. The molecule has 1 N–H and O–H groups in total. The summed E-state index contributed by atoms with van der Waals surface area (Å²) in [5, 5.41) is 9.68. The monoisotopic (exact) mass is 144 g/mol. The molecule has 2 atom stereocenters. The fourth-order valence-electron chi connectivity index (χ4n) is 1.02. The molecule has 1 aliphatic rings. The van der Waals surface area contributed by atoms with Crippen molar-refractivity contribution in [3.63, 3.8) is 0 Å². The van der Waals surface area contributed by atoms with E-state index in [1.807, 2.05) is 13.0 Å². The SMILES string of the molecule is CCC1SC(C)=CC1O. The summed E-state index contributed by atoms with van der Waals surface area (Å²) < 4.78 is 0. The zero-order chi connectivity index (χ0) is 6.85. The van der Waals surface area contributed by atoms with Gasteiger partial charge in [0.05, 0.1) is 6.10 Å². The van der Waals surface area contributed by atoms with Crippen molar-refractivity contribution in [2.75, 3.05) is 0 Å². The zero-order valence-electron chi connectivity index (χ0n) is 5.79. The summed E-state index contributed by atoms with van der Waals surface area (Å²) in [7, 11) is 0. The number of aliphatic hydroxyl groups excluding tert-OH is 1. The summed E-state index contributed by atoms with van der Waals surface area (Å²) in [6, 6.07) is 0. The summed E-state index contributed by atoms with van der Waals surface area (Å²) in [6.45, 7) is 4.15. The molecule has 0 radical (unpaired) electrons. The minimum atomic E-state index is -0.194. The van der Waals surface area contributed by atoms with Gasteiger partial charge in [0.1, 0.15) is 0 Å². The maximum absolute atomic E-state index is 9.26. The van der Waals surface area contributed by atoms with Gasteiger partial charge in [0.15, 0.2) is 0 Å². The van der Waals surface area contributed by atoms with Crippen LogP contribution in [0, 0.1) is 0 Å². The predicted molar refractivity (Wildman–Crippen MR) is 41.4 cm³/mol. The molecule has 0 saturated heterocycles. The maximum Gasteiger partial charge on any atom is 0.0853 e. The molecule has 52 valence electrons. The third-order valence-electron chi connectivity index (χ3n) is 1.53. The van der Waals surface area contributed by atoms with Crippen molar-refractivity contribution in [2.24, 2.45) is 0 Å². The molecular weight excluding hydrogens is 132 g/mol. The average molecular weight is 144 g/mol. The third-order valence-corrected chi connectivity index (χ3v) is 2.95. The normalized spacial score (nSPS) is 34.8. The van der Waals surface area contributed by atoms with E-state index in [1.165, 1.54) is 4.91 Å². The zero-order valence-corrected chi connectivity index (χ0v) is 6.61. The number of hydrogen-bond donors (Lipinski definition) is 1. The van der Waals surface area contributed by atoms with E-state index >= 15 is 0 Å². The molecule has 2 heteroatoms. The van der Waals surface area contributed by atoms with Gasteiger partial charge in [-0.15, -0.1) is 11.8 Å². The first-order valence-corrected chi connectivity index (χ1v) is 4.15. The molecule has 0 aromatic rings. The Morgan fingerprint density at radius 1 is 1.78 bits per heavy atom. The van der Waals surface area contributed by atoms with E-state index in [2.05, 4.69) is 6.92 Å². The Morgan fingerprint density at radius 2 is 2.44 bits per heavy atom. The van der Waals surface area contributed by atoms with Gasteiger partial charge in [0, 0.05) is 5.25 Å². The Morgan fingerprint density at radius 3 is 2.67 bits per heavy atom. The summed E-state index contributed by atoms with van der Waals surface area (Å²) in [6.07, 6.45) is 2.79. The van der Waals surface area contributed by atoms with Gasteiger partial charge in [-0.1, -0.05) is 6.92 Å². The van der Waals surface area contributed by atoms with Crippen molar-refractivity contribution in [3.05, 3.63) is 11.0 Å². The highest BCUT2D eigenvalue weighted by Crippen LogP contribution is 2.33. The minimum absolute atomic E-state index is 0.194. The first-order valence-electron chi connectivity index (χ1n) is 3.27. The van der Waals surface area contributed by atoms with Gasteiger partial charge < -0.3 is 5.11 Å². The van der Waals surface area contributed by atoms with Crippen LogP contribution < -0.4 is 0 Å². The molecule has 0 aliphatic carbocycles. The lowest BCUT2D eigenvalue weighted by Gasteiger charge is -2.08. The molecule has 2 unspecified atom stereocenters. The molecule has 0 spiro atoms. The van der Waals surface area contributed by atoms with Crippen LogP contribution in [0.2, 0.25) is 0 Å². The van der Waals surface area contributed by atoms with Crippen molar-refractivity contribution in [3.8, 4) is 0 Å². The fraction of sp³-hybridized carbons (Fsp3) is 0.714. The molecule has 1 nitrogen and oxygen atoms in total. The highest BCUT2D eigenvalue weighted by atomic mass is 32.2. The molecule has 0 bridgehead atoms.